The van der Waals surface area contributed by atoms with Crippen LogP contribution in [0.2, 0.25) is 0 Å². The van der Waals surface area contributed by atoms with Crippen LogP contribution in [-0.4, -0.2) is 19.3 Å². The summed E-state index contributed by atoms with van der Waals surface area (Å²) in [5, 5.41) is 4.59. The number of fused-ring (bicyclic) bond motifs is 1. The fourth-order valence-corrected chi connectivity index (χ4v) is 3.64. The van der Waals surface area contributed by atoms with Gasteiger partial charge in [0, 0.05) is 36.3 Å². The molecular formula is C21H22N4. The lowest BCUT2D eigenvalue weighted by Crippen LogP contribution is -2.05. The van der Waals surface area contributed by atoms with Crippen LogP contribution >= 0.6 is 0 Å². The summed E-state index contributed by atoms with van der Waals surface area (Å²) in [5.41, 5.74) is 8.01. The molecule has 0 bridgehead atoms. The minimum atomic E-state index is 0.235. The summed E-state index contributed by atoms with van der Waals surface area (Å²) < 4.78 is 4.26. The van der Waals surface area contributed by atoms with Crippen molar-refractivity contribution in [3.05, 3.63) is 71.8 Å². The van der Waals surface area contributed by atoms with Crippen LogP contribution in [0.3, 0.4) is 0 Å². The van der Waals surface area contributed by atoms with E-state index in [1.165, 1.54) is 11.1 Å². The number of hydrogen-bond donors (Lipinski definition) is 0. The van der Waals surface area contributed by atoms with E-state index in [1.54, 1.807) is 0 Å². The molecule has 1 atom stereocenters. The van der Waals surface area contributed by atoms with Gasteiger partial charge >= 0.3 is 0 Å². The summed E-state index contributed by atoms with van der Waals surface area (Å²) in [4.78, 5) is 4.69. The number of rotatable bonds is 3. The first-order chi connectivity index (χ1) is 12.1. The number of aryl methyl sites for hydroxylation is 2. The highest BCUT2D eigenvalue weighted by Crippen LogP contribution is 2.35. The summed E-state index contributed by atoms with van der Waals surface area (Å²) in [5.74, 6) is 0. The lowest BCUT2D eigenvalue weighted by Gasteiger charge is -2.15. The van der Waals surface area contributed by atoms with Crippen LogP contribution in [0.25, 0.3) is 22.2 Å². The van der Waals surface area contributed by atoms with Crippen molar-refractivity contribution >= 4 is 11.0 Å². The Kier molecular flexibility index (Phi) is 3.68. The molecule has 3 aromatic heterocycles. The van der Waals surface area contributed by atoms with Gasteiger partial charge in [-0.05, 0) is 38.5 Å². The van der Waals surface area contributed by atoms with Crippen molar-refractivity contribution in [2.45, 2.75) is 26.8 Å². The molecule has 0 aliphatic carbocycles. The van der Waals surface area contributed by atoms with Crippen molar-refractivity contribution in [3.63, 3.8) is 0 Å². The maximum absolute atomic E-state index is 4.69. The Balaban J connectivity index is 1.96. The second-order valence-electron chi connectivity index (χ2n) is 6.58. The SMILES string of the molecule is Cc1nn(C)c(C)c1-c1cn(C(C)c2ccccc2)c2cccnc12. The highest BCUT2D eigenvalue weighted by molar-refractivity contribution is 5.94. The monoisotopic (exact) mass is 330 g/mol. The van der Waals surface area contributed by atoms with Gasteiger partial charge < -0.3 is 4.57 Å². The third kappa shape index (κ3) is 2.45. The molecule has 4 rings (SSSR count). The minimum absolute atomic E-state index is 0.235. The maximum atomic E-state index is 4.69. The van der Waals surface area contributed by atoms with Gasteiger partial charge in [0.05, 0.1) is 22.8 Å². The number of hydrogen-bond acceptors (Lipinski definition) is 2. The molecule has 4 nitrogen and oxygen atoms in total. The van der Waals surface area contributed by atoms with Gasteiger partial charge in [0.2, 0.25) is 0 Å². The first kappa shape index (κ1) is 15.6. The van der Waals surface area contributed by atoms with E-state index in [2.05, 4.69) is 78.0 Å². The van der Waals surface area contributed by atoms with Crippen molar-refractivity contribution in [2.24, 2.45) is 7.05 Å². The minimum Gasteiger partial charge on any atom is -0.338 e. The summed E-state index contributed by atoms with van der Waals surface area (Å²) in [7, 11) is 1.99. The van der Waals surface area contributed by atoms with Crippen molar-refractivity contribution < 1.29 is 0 Å². The molecule has 0 aliphatic heterocycles. The lowest BCUT2D eigenvalue weighted by molar-refractivity contribution is 0.664. The Morgan fingerprint density at radius 3 is 2.44 bits per heavy atom. The summed E-state index contributed by atoms with van der Waals surface area (Å²) in [6.07, 6.45) is 4.09. The molecule has 0 spiro atoms. The zero-order chi connectivity index (χ0) is 17.6. The van der Waals surface area contributed by atoms with Crippen LogP contribution in [0.1, 0.15) is 29.9 Å². The van der Waals surface area contributed by atoms with Crippen LogP contribution in [-0.2, 0) is 7.05 Å². The van der Waals surface area contributed by atoms with Crippen LogP contribution in [0, 0.1) is 13.8 Å². The topological polar surface area (TPSA) is 35.6 Å². The lowest BCUT2D eigenvalue weighted by atomic mass is 10.1. The number of aromatic nitrogens is 4. The molecule has 3 heterocycles. The number of pyridine rings is 1. The highest BCUT2D eigenvalue weighted by atomic mass is 15.3. The molecule has 0 N–H and O–H groups in total. The van der Waals surface area contributed by atoms with Crippen LogP contribution in [0.4, 0.5) is 0 Å². The molecule has 0 saturated heterocycles. The van der Waals surface area contributed by atoms with Gasteiger partial charge in [0.1, 0.15) is 0 Å². The van der Waals surface area contributed by atoms with E-state index in [0.717, 1.165) is 28.0 Å². The van der Waals surface area contributed by atoms with Gasteiger partial charge in [0.15, 0.2) is 0 Å². The largest absolute Gasteiger partial charge is 0.338 e. The molecule has 4 heteroatoms. The molecule has 0 radical (unpaired) electrons. The Morgan fingerprint density at radius 2 is 1.76 bits per heavy atom. The van der Waals surface area contributed by atoms with E-state index >= 15 is 0 Å². The average Bonchev–Trinajstić information content (AvgIpc) is 3.12. The molecule has 0 fully saturated rings. The average molecular weight is 330 g/mol. The van der Waals surface area contributed by atoms with Gasteiger partial charge in [-0.25, -0.2) is 0 Å². The van der Waals surface area contributed by atoms with Gasteiger partial charge in [-0.1, -0.05) is 30.3 Å². The predicted molar refractivity (Wildman–Crippen MR) is 102 cm³/mol. The zero-order valence-electron chi connectivity index (χ0n) is 15.1. The fourth-order valence-electron chi connectivity index (χ4n) is 3.64. The van der Waals surface area contributed by atoms with Crippen LogP contribution in [0.15, 0.2) is 54.9 Å². The van der Waals surface area contributed by atoms with Crippen LogP contribution < -0.4 is 0 Å². The van der Waals surface area contributed by atoms with Crippen molar-refractivity contribution in [2.75, 3.05) is 0 Å². The molecule has 126 valence electrons. The number of benzene rings is 1. The Bertz CT molecular complexity index is 1040. The molecule has 1 aromatic carbocycles. The fraction of sp³-hybridized carbons (Fsp3) is 0.238. The number of nitrogens with zero attached hydrogens (tertiary/aromatic N) is 4. The molecule has 0 amide bonds. The van der Waals surface area contributed by atoms with Gasteiger partial charge in [0.25, 0.3) is 0 Å². The highest BCUT2D eigenvalue weighted by Gasteiger charge is 2.20. The van der Waals surface area contributed by atoms with Gasteiger partial charge in [-0.3, -0.25) is 9.67 Å². The Labute approximate surface area is 147 Å². The first-order valence-corrected chi connectivity index (χ1v) is 8.59. The predicted octanol–water partition coefficient (Wildman–Crippen LogP) is 4.66. The molecule has 0 saturated carbocycles. The van der Waals surface area contributed by atoms with E-state index in [-0.39, 0.29) is 6.04 Å². The standard InChI is InChI=1S/C21H22N4/c1-14-20(16(3)24(4)23-14)18-13-25(19-11-8-12-22-21(18)19)15(2)17-9-6-5-7-10-17/h5-13,15H,1-4H3. The van der Waals surface area contributed by atoms with Gasteiger partial charge in [-0.15, -0.1) is 0 Å². The quantitative estimate of drug-likeness (QED) is 0.547. The molecule has 25 heavy (non-hydrogen) atoms. The zero-order valence-corrected chi connectivity index (χ0v) is 15.1. The van der Waals surface area contributed by atoms with Gasteiger partial charge in [-0.2, -0.15) is 5.10 Å². The third-order valence-corrected chi connectivity index (χ3v) is 5.07. The van der Waals surface area contributed by atoms with E-state index in [0.29, 0.717) is 0 Å². The van der Waals surface area contributed by atoms with E-state index in [9.17, 15) is 0 Å². The van der Waals surface area contributed by atoms with Crippen molar-refractivity contribution in [1.82, 2.24) is 19.3 Å². The normalized spacial score (nSPS) is 12.6. The second kappa shape index (κ2) is 5.88. The summed E-state index contributed by atoms with van der Waals surface area (Å²) in [6.45, 7) is 6.41. The Hall–Kier alpha value is -2.88. The molecule has 4 aromatic rings. The van der Waals surface area contributed by atoms with Crippen molar-refractivity contribution in [3.8, 4) is 11.1 Å². The van der Waals surface area contributed by atoms with E-state index in [1.807, 2.05) is 24.0 Å². The maximum Gasteiger partial charge on any atom is 0.0960 e. The summed E-state index contributed by atoms with van der Waals surface area (Å²) in [6, 6.07) is 15.0. The molecule has 0 aliphatic rings. The molecule has 1 unspecified atom stereocenters. The van der Waals surface area contributed by atoms with Crippen LogP contribution in [0.5, 0.6) is 0 Å². The van der Waals surface area contributed by atoms with E-state index in [4.69, 9.17) is 0 Å². The first-order valence-electron chi connectivity index (χ1n) is 8.59. The third-order valence-electron chi connectivity index (χ3n) is 5.07. The Morgan fingerprint density at radius 1 is 1.00 bits per heavy atom. The molecular weight excluding hydrogens is 308 g/mol. The second-order valence-corrected chi connectivity index (χ2v) is 6.58. The smallest absolute Gasteiger partial charge is 0.0960 e. The van der Waals surface area contributed by atoms with E-state index < -0.39 is 0 Å². The summed E-state index contributed by atoms with van der Waals surface area (Å²) >= 11 is 0. The van der Waals surface area contributed by atoms with Crippen molar-refractivity contribution in [1.29, 1.82) is 0 Å².